The van der Waals surface area contributed by atoms with E-state index in [-0.39, 0.29) is 23.3 Å². The van der Waals surface area contributed by atoms with Gasteiger partial charge < -0.3 is 15.4 Å². The number of amides is 2. The number of benzene rings is 2. The highest BCUT2D eigenvalue weighted by atomic mass is 16.5. The number of ether oxygens (including phenoxy) is 1. The number of carbonyl (C=O) groups is 2. The Morgan fingerprint density at radius 2 is 1.77 bits per heavy atom. The summed E-state index contributed by atoms with van der Waals surface area (Å²) in [5.41, 5.74) is 5.05. The quantitative estimate of drug-likeness (QED) is 0.494. The van der Waals surface area contributed by atoms with E-state index in [1.165, 1.54) is 0 Å². The fraction of sp³-hybridized carbons (Fsp3) is 0.333. The molecule has 0 bridgehead atoms. The number of nitrogens with one attached hydrogen (secondary N) is 2. The number of allylic oxidation sites excluding steroid dienone is 4. The lowest BCUT2D eigenvalue weighted by atomic mass is 9.89. The van der Waals surface area contributed by atoms with Crippen LogP contribution >= 0.6 is 0 Å². The van der Waals surface area contributed by atoms with E-state index in [4.69, 9.17) is 4.74 Å². The van der Waals surface area contributed by atoms with Crippen LogP contribution < -0.4 is 10.6 Å². The van der Waals surface area contributed by atoms with Gasteiger partial charge >= 0.3 is 0 Å². The highest BCUT2D eigenvalue weighted by Crippen LogP contribution is 2.41. The minimum absolute atomic E-state index is 0.00851. The van der Waals surface area contributed by atoms with E-state index in [0.29, 0.717) is 24.2 Å². The van der Waals surface area contributed by atoms with Crippen molar-refractivity contribution in [3.63, 3.8) is 0 Å². The molecule has 2 amide bonds. The van der Waals surface area contributed by atoms with E-state index in [1.54, 1.807) is 12.1 Å². The van der Waals surface area contributed by atoms with Crippen molar-refractivity contribution in [2.45, 2.75) is 53.7 Å². The molecule has 0 saturated heterocycles. The van der Waals surface area contributed by atoms with Crippen LogP contribution in [0.1, 0.15) is 84.5 Å². The molecule has 0 fully saturated rings. The molecule has 5 nitrogen and oxygen atoms in total. The lowest BCUT2D eigenvalue weighted by Gasteiger charge is -2.30. The monoisotopic (exact) mass is 472 g/mol. The van der Waals surface area contributed by atoms with Crippen LogP contribution in [0.3, 0.4) is 0 Å². The number of fused-ring (bicyclic) bond motifs is 1. The van der Waals surface area contributed by atoms with Crippen molar-refractivity contribution in [2.24, 2.45) is 5.41 Å². The van der Waals surface area contributed by atoms with Gasteiger partial charge in [-0.2, -0.15) is 0 Å². The second kappa shape index (κ2) is 11.2. The molecule has 0 radical (unpaired) electrons. The van der Waals surface area contributed by atoms with Crippen LogP contribution in [-0.4, -0.2) is 18.4 Å². The second-order valence-electron chi connectivity index (χ2n) is 9.91. The Hall–Kier alpha value is -3.60. The fourth-order valence-electron chi connectivity index (χ4n) is 4.00. The molecule has 5 heteroatoms. The molecule has 1 atom stereocenters. The van der Waals surface area contributed by atoms with Crippen LogP contribution in [0, 0.1) is 5.41 Å². The smallest absolute Gasteiger partial charge is 0.251 e. The van der Waals surface area contributed by atoms with Crippen molar-refractivity contribution in [1.29, 1.82) is 0 Å². The summed E-state index contributed by atoms with van der Waals surface area (Å²) in [5, 5.41) is 5.94. The summed E-state index contributed by atoms with van der Waals surface area (Å²) < 4.78 is 6.19. The number of hydrogen-bond donors (Lipinski definition) is 2. The zero-order valence-corrected chi connectivity index (χ0v) is 21.4. The van der Waals surface area contributed by atoms with E-state index in [2.05, 4.69) is 44.9 Å². The Kier molecular flexibility index (Phi) is 8.34. The summed E-state index contributed by atoms with van der Waals surface area (Å²) in [4.78, 5) is 25.5. The lowest BCUT2D eigenvalue weighted by Crippen LogP contribution is -2.32. The molecule has 0 spiro atoms. The third-order valence-corrected chi connectivity index (χ3v) is 5.82. The standard InChI is InChI=1S/C30H36N2O3/c1-7-11-24-23-15-14-22(17-25(23)27(9-3)35-26(24)8-2)28(33)31-18-20-12-10-13-21(16-20)29(34)32-19-30(4,5)6/h7-8,10-17,27H,1,9,18-19H2,2-6H3,(H,31,33)(H,32,34)/b24-11-,26-8+. The first kappa shape index (κ1) is 26.0. The Balaban J connectivity index is 1.74. The van der Waals surface area contributed by atoms with Gasteiger partial charge in [-0.15, -0.1) is 0 Å². The SMILES string of the molecule is C=C/C=C1\C(=C/C)OC(CC)c2cc(C(=O)NCc3cccc(C(=O)NCC(C)(C)C)c3)ccc21. The molecule has 1 aliphatic heterocycles. The molecule has 2 aromatic carbocycles. The Morgan fingerprint density at radius 3 is 2.43 bits per heavy atom. The molecule has 0 aliphatic carbocycles. The fourth-order valence-corrected chi connectivity index (χ4v) is 4.00. The summed E-state index contributed by atoms with van der Waals surface area (Å²) >= 11 is 0. The zero-order valence-electron chi connectivity index (χ0n) is 21.4. The first-order chi connectivity index (χ1) is 16.7. The molecule has 2 N–H and O–H groups in total. The first-order valence-corrected chi connectivity index (χ1v) is 12.1. The molecule has 0 aromatic heterocycles. The lowest BCUT2D eigenvalue weighted by molar-refractivity contribution is 0.0936. The summed E-state index contributed by atoms with van der Waals surface area (Å²) in [6.07, 6.45) is 6.31. The van der Waals surface area contributed by atoms with Crippen LogP contribution in [0.15, 0.2) is 73.0 Å². The van der Waals surface area contributed by atoms with E-state index in [9.17, 15) is 9.59 Å². The van der Waals surface area contributed by atoms with Gasteiger partial charge in [0, 0.05) is 35.4 Å². The van der Waals surface area contributed by atoms with Gasteiger partial charge in [-0.25, -0.2) is 0 Å². The van der Waals surface area contributed by atoms with Crippen molar-refractivity contribution in [3.05, 3.63) is 101 Å². The van der Waals surface area contributed by atoms with E-state index in [1.807, 2.05) is 55.5 Å². The van der Waals surface area contributed by atoms with Gasteiger partial charge in [0.1, 0.15) is 11.9 Å². The number of rotatable bonds is 7. The maximum absolute atomic E-state index is 13.0. The summed E-state index contributed by atoms with van der Waals surface area (Å²) in [7, 11) is 0. The predicted octanol–water partition coefficient (Wildman–Crippen LogP) is 6.35. The molecular weight excluding hydrogens is 436 g/mol. The van der Waals surface area contributed by atoms with Crippen molar-refractivity contribution < 1.29 is 14.3 Å². The van der Waals surface area contributed by atoms with Gasteiger partial charge in [0.05, 0.1) is 0 Å². The second-order valence-corrected chi connectivity index (χ2v) is 9.91. The van der Waals surface area contributed by atoms with E-state index >= 15 is 0 Å². The molecule has 35 heavy (non-hydrogen) atoms. The molecule has 0 saturated carbocycles. The molecule has 1 heterocycles. The Bertz CT molecular complexity index is 1170. The topological polar surface area (TPSA) is 67.4 Å². The van der Waals surface area contributed by atoms with Crippen LogP contribution in [-0.2, 0) is 11.3 Å². The van der Waals surface area contributed by atoms with E-state index in [0.717, 1.165) is 34.4 Å². The van der Waals surface area contributed by atoms with Crippen molar-refractivity contribution in [1.82, 2.24) is 10.6 Å². The van der Waals surface area contributed by atoms with Crippen LogP contribution in [0.4, 0.5) is 0 Å². The number of carbonyl (C=O) groups excluding carboxylic acids is 2. The highest BCUT2D eigenvalue weighted by molar-refractivity contribution is 5.96. The maximum Gasteiger partial charge on any atom is 0.251 e. The molecule has 1 aliphatic rings. The van der Waals surface area contributed by atoms with Gasteiger partial charge in [-0.1, -0.05) is 64.6 Å². The summed E-state index contributed by atoms with van der Waals surface area (Å²) in [6, 6.07) is 13.1. The van der Waals surface area contributed by atoms with Gasteiger partial charge in [0.2, 0.25) is 0 Å². The molecule has 3 rings (SSSR count). The van der Waals surface area contributed by atoms with E-state index < -0.39 is 0 Å². The summed E-state index contributed by atoms with van der Waals surface area (Å²) in [6.45, 7) is 15.0. The largest absolute Gasteiger partial charge is 0.485 e. The third kappa shape index (κ3) is 6.50. The predicted molar refractivity (Wildman–Crippen MR) is 142 cm³/mol. The minimum atomic E-state index is -0.170. The normalized spacial score (nSPS) is 17.5. The molecule has 1 unspecified atom stereocenters. The number of hydrogen-bond acceptors (Lipinski definition) is 3. The van der Waals surface area contributed by atoms with Gasteiger partial charge in [0.15, 0.2) is 0 Å². The summed E-state index contributed by atoms with van der Waals surface area (Å²) in [5.74, 6) is 0.543. The molecular formula is C30H36N2O3. The van der Waals surface area contributed by atoms with Crippen LogP contribution in [0.25, 0.3) is 5.57 Å². The van der Waals surface area contributed by atoms with Gasteiger partial charge in [0.25, 0.3) is 11.8 Å². The maximum atomic E-state index is 13.0. The first-order valence-electron chi connectivity index (χ1n) is 12.1. The Morgan fingerprint density at radius 1 is 1.06 bits per heavy atom. The highest BCUT2D eigenvalue weighted by Gasteiger charge is 2.27. The van der Waals surface area contributed by atoms with Crippen molar-refractivity contribution in [2.75, 3.05) is 6.54 Å². The minimum Gasteiger partial charge on any atom is -0.485 e. The van der Waals surface area contributed by atoms with Crippen LogP contribution in [0.5, 0.6) is 0 Å². The van der Waals surface area contributed by atoms with Gasteiger partial charge in [-0.3, -0.25) is 9.59 Å². The van der Waals surface area contributed by atoms with Gasteiger partial charge in [-0.05, 0) is 60.2 Å². The average Bonchev–Trinajstić information content (AvgIpc) is 2.85. The van der Waals surface area contributed by atoms with Crippen molar-refractivity contribution >= 4 is 17.4 Å². The van der Waals surface area contributed by atoms with Crippen molar-refractivity contribution in [3.8, 4) is 0 Å². The zero-order chi connectivity index (χ0) is 25.6. The molecule has 184 valence electrons. The Labute approximate surface area is 209 Å². The van der Waals surface area contributed by atoms with Crippen LogP contribution in [0.2, 0.25) is 0 Å². The average molecular weight is 473 g/mol. The third-order valence-electron chi connectivity index (χ3n) is 5.82. The molecule has 2 aromatic rings.